The van der Waals surface area contributed by atoms with Gasteiger partial charge in [-0.05, 0) is 18.2 Å². The van der Waals surface area contributed by atoms with E-state index in [1.54, 1.807) is 23.1 Å². The van der Waals surface area contributed by atoms with Crippen LogP contribution in [-0.4, -0.2) is 40.2 Å². The molecule has 0 bridgehead atoms. The number of ketones is 1. The quantitative estimate of drug-likeness (QED) is 0.601. The summed E-state index contributed by atoms with van der Waals surface area (Å²) in [7, 11) is 0. The highest BCUT2D eigenvalue weighted by Gasteiger charge is 2.45. The van der Waals surface area contributed by atoms with Crippen LogP contribution >= 0.6 is 0 Å². The molecule has 1 spiro atoms. The average molecular weight is 366 g/mol. The summed E-state index contributed by atoms with van der Waals surface area (Å²) < 4.78 is 6.06. The van der Waals surface area contributed by atoms with Gasteiger partial charge in [0.05, 0.1) is 16.9 Å². The van der Waals surface area contributed by atoms with Crippen LogP contribution in [0.2, 0.25) is 0 Å². The molecule has 7 heteroatoms. The summed E-state index contributed by atoms with van der Waals surface area (Å²) in [5.41, 5.74) is -0.0978. The number of ether oxygens (including phenoxy) is 1. The fourth-order valence-corrected chi connectivity index (χ4v) is 3.80. The van der Waals surface area contributed by atoms with Gasteiger partial charge in [-0.3, -0.25) is 19.7 Å². The maximum absolute atomic E-state index is 12.6. The Morgan fingerprint density at radius 1 is 1.07 bits per heavy atom. The van der Waals surface area contributed by atoms with E-state index < -0.39 is 10.5 Å². The van der Waals surface area contributed by atoms with E-state index in [4.69, 9.17) is 4.74 Å². The molecule has 0 atom stereocenters. The van der Waals surface area contributed by atoms with Crippen molar-refractivity contribution in [2.75, 3.05) is 13.1 Å². The molecule has 0 saturated carbocycles. The number of rotatable bonds is 2. The number of likely N-dealkylation sites (tertiary alicyclic amines) is 1. The summed E-state index contributed by atoms with van der Waals surface area (Å²) in [6.45, 7) is 0.883. The molecule has 2 aliphatic rings. The van der Waals surface area contributed by atoms with Crippen LogP contribution in [0.4, 0.5) is 5.69 Å². The van der Waals surface area contributed by atoms with Crippen LogP contribution in [-0.2, 0) is 0 Å². The molecule has 2 aromatic rings. The predicted molar refractivity (Wildman–Crippen MR) is 97.0 cm³/mol. The Bertz CT molecular complexity index is 903. The van der Waals surface area contributed by atoms with Gasteiger partial charge in [0, 0.05) is 37.6 Å². The van der Waals surface area contributed by atoms with Gasteiger partial charge in [-0.1, -0.05) is 24.3 Å². The first-order valence-corrected chi connectivity index (χ1v) is 8.83. The van der Waals surface area contributed by atoms with E-state index in [1.165, 1.54) is 12.1 Å². The van der Waals surface area contributed by atoms with Crippen LogP contribution < -0.4 is 4.74 Å². The molecular weight excluding hydrogens is 348 g/mol. The first kappa shape index (κ1) is 17.2. The second-order valence-electron chi connectivity index (χ2n) is 6.95. The number of carbonyl (C=O) groups excluding carboxylic acids is 2. The summed E-state index contributed by atoms with van der Waals surface area (Å²) in [6.07, 6.45) is 1.10. The van der Waals surface area contributed by atoms with E-state index in [0.29, 0.717) is 31.5 Å². The number of fused-ring (bicyclic) bond motifs is 1. The standard InChI is InChI=1S/C20H18N2O5/c23-17-13-20(27-18-15(17)7-4-8-16(18)22(25)26)9-11-21(12-10-20)19(24)14-5-2-1-3-6-14/h1-8H,9-13H2. The summed E-state index contributed by atoms with van der Waals surface area (Å²) in [5, 5.41) is 11.3. The Morgan fingerprint density at radius 2 is 1.78 bits per heavy atom. The molecule has 1 amide bonds. The Hall–Kier alpha value is -3.22. The van der Waals surface area contributed by atoms with Crippen molar-refractivity contribution in [2.45, 2.75) is 24.9 Å². The molecule has 0 radical (unpaired) electrons. The van der Waals surface area contributed by atoms with Gasteiger partial charge < -0.3 is 9.64 Å². The molecule has 1 saturated heterocycles. The third kappa shape index (κ3) is 3.05. The number of nitrogens with zero attached hydrogens (tertiary/aromatic N) is 2. The molecule has 0 unspecified atom stereocenters. The Balaban J connectivity index is 1.55. The lowest BCUT2D eigenvalue weighted by Crippen LogP contribution is -2.52. The van der Waals surface area contributed by atoms with Crippen LogP contribution in [0, 0.1) is 10.1 Å². The number of para-hydroxylation sites is 1. The monoisotopic (exact) mass is 366 g/mol. The maximum atomic E-state index is 12.6. The van der Waals surface area contributed by atoms with Crippen molar-refractivity contribution >= 4 is 17.4 Å². The number of benzene rings is 2. The van der Waals surface area contributed by atoms with Crippen molar-refractivity contribution < 1.29 is 19.2 Å². The fourth-order valence-electron chi connectivity index (χ4n) is 3.80. The molecule has 2 heterocycles. The highest BCUT2D eigenvalue weighted by atomic mass is 16.6. The molecular formula is C20H18N2O5. The predicted octanol–water partition coefficient (Wildman–Crippen LogP) is 3.24. The number of carbonyl (C=O) groups is 2. The van der Waals surface area contributed by atoms with Crippen LogP contribution in [0.3, 0.4) is 0 Å². The van der Waals surface area contributed by atoms with E-state index >= 15 is 0 Å². The summed E-state index contributed by atoms with van der Waals surface area (Å²) >= 11 is 0. The molecule has 138 valence electrons. The SMILES string of the molecule is O=C1CC2(CCN(C(=O)c3ccccc3)CC2)Oc2c1cccc2[N+](=O)[O-]. The number of piperidine rings is 1. The van der Waals surface area contributed by atoms with Crippen molar-refractivity contribution in [1.82, 2.24) is 4.90 Å². The fraction of sp³-hybridized carbons (Fsp3) is 0.300. The minimum absolute atomic E-state index is 0.0565. The number of nitro groups is 1. The van der Waals surface area contributed by atoms with Gasteiger partial charge in [0.2, 0.25) is 5.75 Å². The molecule has 0 aliphatic carbocycles. The van der Waals surface area contributed by atoms with Gasteiger partial charge in [-0.25, -0.2) is 0 Å². The number of nitro benzene ring substituents is 1. The van der Waals surface area contributed by atoms with Crippen molar-refractivity contribution in [3.8, 4) is 5.75 Å². The van der Waals surface area contributed by atoms with Crippen molar-refractivity contribution in [2.24, 2.45) is 0 Å². The lowest BCUT2D eigenvalue weighted by molar-refractivity contribution is -0.386. The summed E-state index contributed by atoms with van der Waals surface area (Å²) in [5.74, 6) is -0.150. The van der Waals surface area contributed by atoms with Gasteiger partial charge in [0.25, 0.3) is 5.91 Å². The molecule has 0 N–H and O–H groups in total. The second-order valence-corrected chi connectivity index (χ2v) is 6.95. The van der Waals surface area contributed by atoms with Crippen molar-refractivity contribution in [1.29, 1.82) is 0 Å². The largest absolute Gasteiger partial charge is 0.479 e. The van der Waals surface area contributed by atoms with E-state index in [1.807, 2.05) is 18.2 Å². The number of hydrogen-bond donors (Lipinski definition) is 0. The number of hydrogen-bond acceptors (Lipinski definition) is 5. The normalized spacial score (nSPS) is 17.9. The molecule has 0 aromatic heterocycles. The van der Waals surface area contributed by atoms with Gasteiger partial charge in [0.1, 0.15) is 5.60 Å². The van der Waals surface area contributed by atoms with Gasteiger partial charge in [-0.15, -0.1) is 0 Å². The third-order valence-corrected chi connectivity index (χ3v) is 5.28. The Kier molecular flexibility index (Phi) is 4.14. The third-order valence-electron chi connectivity index (χ3n) is 5.28. The second kappa shape index (κ2) is 6.50. The number of amides is 1. The first-order valence-electron chi connectivity index (χ1n) is 8.83. The lowest BCUT2D eigenvalue weighted by atomic mass is 9.82. The lowest BCUT2D eigenvalue weighted by Gasteiger charge is -2.43. The van der Waals surface area contributed by atoms with Crippen molar-refractivity contribution in [3.63, 3.8) is 0 Å². The van der Waals surface area contributed by atoms with Crippen LogP contribution in [0.5, 0.6) is 5.75 Å². The van der Waals surface area contributed by atoms with Gasteiger partial charge in [0.15, 0.2) is 5.78 Å². The molecule has 2 aliphatic heterocycles. The molecule has 2 aromatic carbocycles. The van der Waals surface area contributed by atoms with E-state index in [2.05, 4.69) is 0 Å². The smallest absolute Gasteiger partial charge is 0.311 e. The molecule has 27 heavy (non-hydrogen) atoms. The van der Waals surface area contributed by atoms with E-state index in [-0.39, 0.29) is 35.1 Å². The van der Waals surface area contributed by atoms with Gasteiger partial charge in [-0.2, -0.15) is 0 Å². The zero-order chi connectivity index (χ0) is 19.0. The minimum atomic E-state index is -0.788. The van der Waals surface area contributed by atoms with Crippen LogP contribution in [0.15, 0.2) is 48.5 Å². The Morgan fingerprint density at radius 3 is 2.44 bits per heavy atom. The highest BCUT2D eigenvalue weighted by molar-refractivity contribution is 6.01. The average Bonchev–Trinajstić information content (AvgIpc) is 2.68. The van der Waals surface area contributed by atoms with E-state index in [9.17, 15) is 19.7 Å². The molecule has 1 fully saturated rings. The first-order chi connectivity index (χ1) is 13.0. The zero-order valence-electron chi connectivity index (χ0n) is 14.6. The van der Waals surface area contributed by atoms with Crippen LogP contribution in [0.1, 0.15) is 40.0 Å². The summed E-state index contributed by atoms with van der Waals surface area (Å²) in [6, 6.07) is 13.4. The van der Waals surface area contributed by atoms with E-state index in [0.717, 1.165) is 0 Å². The Labute approximate surface area is 155 Å². The maximum Gasteiger partial charge on any atom is 0.311 e. The molecule has 4 rings (SSSR count). The van der Waals surface area contributed by atoms with Crippen molar-refractivity contribution in [3.05, 3.63) is 69.8 Å². The number of Topliss-reactive ketones (excluding diaryl/α,β-unsaturated/α-hetero) is 1. The minimum Gasteiger partial charge on any atom is -0.479 e. The van der Waals surface area contributed by atoms with Gasteiger partial charge >= 0.3 is 5.69 Å². The molecule has 7 nitrogen and oxygen atoms in total. The zero-order valence-corrected chi connectivity index (χ0v) is 14.6. The highest BCUT2D eigenvalue weighted by Crippen LogP contribution is 2.43. The topological polar surface area (TPSA) is 89.8 Å². The summed E-state index contributed by atoms with van der Waals surface area (Å²) in [4.78, 5) is 37.7. The van der Waals surface area contributed by atoms with Crippen LogP contribution in [0.25, 0.3) is 0 Å².